The number of hydrogen-bond donors (Lipinski definition) is 3. The van der Waals surface area contributed by atoms with Crippen LogP contribution in [0.1, 0.15) is 30.4 Å². The minimum Gasteiger partial charge on any atom is -0.359 e. The number of rotatable bonds is 3. The summed E-state index contributed by atoms with van der Waals surface area (Å²) in [5.74, 6) is -0.0763. The van der Waals surface area contributed by atoms with Gasteiger partial charge in [-0.3, -0.25) is 4.79 Å². The minimum absolute atomic E-state index is 0.0241. The molecule has 0 unspecified atom stereocenters. The van der Waals surface area contributed by atoms with Crippen LogP contribution >= 0.6 is 0 Å². The summed E-state index contributed by atoms with van der Waals surface area (Å²) in [6.45, 7) is 0. The SMILES string of the molecule is CNC(=O)[C@@H]1CCC[C@H]1NC(=O)NC1Cc2ccccc2C1. The molecule has 1 fully saturated rings. The highest BCUT2D eigenvalue weighted by Crippen LogP contribution is 2.26. The lowest BCUT2D eigenvalue weighted by atomic mass is 10.0. The molecule has 0 aliphatic heterocycles. The van der Waals surface area contributed by atoms with Gasteiger partial charge in [0, 0.05) is 19.1 Å². The molecule has 0 radical (unpaired) electrons. The Bertz CT molecular complexity index is 548. The maximum atomic E-state index is 12.2. The van der Waals surface area contributed by atoms with Crippen molar-refractivity contribution in [3.63, 3.8) is 0 Å². The van der Waals surface area contributed by atoms with Gasteiger partial charge in [0.25, 0.3) is 0 Å². The van der Waals surface area contributed by atoms with Crippen LogP contribution in [0.2, 0.25) is 0 Å². The van der Waals surface area contributed by atoms with Gasteiger partial charge in [0.2, 0.25) is 5.91 Å². The molecule has 3 amide bonds. The highest BCUT2D eigenvalue weighted by molar-refractivity contribution is 5.81. The molecular formula is C17H23N3O2. The standard InChI is InChI=1S/C17H23N3O2/c1-18-16(21)14-7-4-8-15(14)20-17(22)19-13-9-11-5-2-3-6-12(11)10-13/h2-3,5-6,13-15H,4,7-10H2,1H3,(H,18,21)(H2,19,20,22)/t14-,15-/m1/s1. The van der Waals surface area contributed by atoms with E-state index in [4.69, 9.17) is 0 Å². The number of carbonyl (C=O) groups excluding carboxylic acids is 2. The Hall–Kier alpha value is -2.04. The number of benzene rings is 1. The fraction of sp³-hybridized carbons (Fsp3) is 0.529. The third-order valence-electron chi connectivity index (χ3n) is 4.80. The number of amides is 3. The van der Waals surface area contributed by atoms with Crippen molar-refractivity contribution in [3.8, 4) is 0 Å². The zero-order valence-corrected chi connectivity index (χ0v) is 12.9. The molecule has 2 aliphatic rings. The Morgan fingerprint density at radius 3 is 2.36 bits per heavy atom. The molecule has 1 saturated carbocycles. The molecule has 0 saturated heterocycles. The summed E-state index contributed by atoms with van der Waals surface area (Å²) < 4.78 is 0. The van der Waals surface area contributed by atoms with Crippen LogP contribution in [0.15, 0.2) is 24.3 Å². The van der Waals surface area contributed by atoms with E-state index in [1.165, 1.54) is 11.1 Å². The molecule has 3 rings (SSSR count). The van der Waals surface area contributed by atoms with Gasteiger partial charge in [-0.05, 0) is 36.8 Å². The number of fused-ring (bicyclic) bond motifs is 1. The molecule has 1 aromatic rings. The third-order valence-corrected chi connectivity index (χ3v) is 4.80. The minimum atomic E-state index is -0.154. The third kappa shape index (κ3) is 3.08. The van der Waals surface area contributed by atoms with Crippen molar-refractivity contribution < 1.29 is 9.59 Å². The highest BCUT2D eigenvalue weighted by Gasteiger charge is 2.34. The van der Waals surface area contributed by atoms with Gasteiger partial charge in [0.15, 0.2) is 0 Å². The van der Waals surface area contributed by atoms with E-state index in [-0.39, 0.29) is 29.9 Å². The van der Waals surface area contributed by atoms with Crippen molar-refractivity contribution in [2.45, 2.75) is 44.2 Å². The molecule has 22 heavy (non-hydrogen) atoms. The summed E-state index contributed by atoms with van der Waals surface area (Å²) in [6, 6.07) is 8.25. The van der Waals surface area contributed by atoms with Crippen LogP contribution in [-0.2, 0) is 17.6 Å². The average molecular weight is 301 g/mol. The summed E-state index contributed by atoms with van der Waals surface area (Å²) in [5, 5.41) is 8.72. The van der Waals surface area contributed by atoms with E-state index in [1.54, 1.807) is 7.05 Å². The Labute approximate surface area is 130 Å². The van der Waals surface area contributed by atoms with Crippen LogP contribution in [0.5, 0.6) is 0 Å². The van der Waals surface area contributed by atoms with E-state index in [9.17, 15) is 9.59 Å². The predicted molar refractivity (Wildman–Crippen MR) is 84.5 cm³/mol. The van der Waals surface area contributed by atoms with E-state index in [0.29, 0.717) is 0 Å². The number of urea groups is 1. The van der Waals surface area contributed by atoms with Gasteiger partial charge in [-0.25, -0.2) is 4.79 Å². The van der Waals surface area contributed by atoms with E-state index in [1.807, 2.05) is 12.1 Å². The number of carbonyl (C=O) groups is 2. The fourth-order valence-corrected chi connectivity index (χ4v) is 3.69. The number of hydrogen-bond acceptors (Lipinski definition) is 2. The van der Waals surface area contributed by atoms with Gasteiger partial charge < -0.3 is 16.0 Å². The second-order valence-electron chi connectivity index (χ2n) is 6.25. The quantitative estimate of drug-likeness (QED) is 0.789. The summed E-state index contributed by atoms with van der Waals surface area (Å²) in [5.41, 5.74) is 2.63. The second-order valence-corrected chi connectivity index (χ2v) is 6.25. The monoisotopic (exact) mass is 301 g/mol. The molecule has 2 atom stereocenters. The number of nitrogens with one attached hydrogen (secondary N) is 3. The summed E-state index contributed by atoms with van der Waals surface area (Å²) in [7, 11) is 1.65. The molecule has 0 aromatic heterocycles. The molecule has 5 nitrogen and oxygen atoms in total. The van der Waals surface area contributed by atoms with Crippen LogP contribution in [0.3, 0.4) is 0 Å². The van der Waals surface area contributed by atoms with Crippen LogP contribution < -0.4 is 16.0 Å². The lowest BCUT2D eigenvalue weighted by molar-refractivity contribution is -0.124. The van der Waals surface area contributed by atoms with Crippen molar-refractivity contribution in [2.75, 3.05) is 7.05 Å². The Morgan fingerprint density at radius 2 is 1.73 bits per heavy atom. The van der Waals surface area contributed by atoms with Gasteiger partial charge in [0.05, 0.1) is 5.92 Å². The van der Waals surface area contributed by atoms with Crippen LogP contribution in [0, 0.1) is 5.92 Å². The van der Waals surface area contributed by atoms with Crippen molar-refractivity contribution in [2.24, 2.45) is 5.92 Å². The van der Waals surface area contributed by atoms with E-state index < -0.39 is 0 Å². The van der Waals surface area contributed by atoms with Crippen LogP contribution in [-0.4, -0.2) is 31.1 Å². The lowest BCUT2D eigenvalue weighted by Crippen LogP contribution is -2.49. The molecule has 5 heteroatoms. The van der Waals surface area contributed by atoms with E-state index >= 15 is 0 Å². The zero-order valence-electron chi connectivity index (χ0n) is 12.9. The maximum Gasteiger partial charge on any atom is 0.315 e. The first-order valence-electron chi connectivity index (χ1n) is 8.03. The molecular weight excluding hydrogens is 278 g/mol. The normalized spacial score (nSPS) is 23.9. The molecule has 0 spiro atoms. The Kier molecular flexibility index (Phi) is 4.32. The first-order valence-corrected chi connectivity index (χ1v) is 8.03. The molecule has 2 aliphatic carbocycles. The second kappa shape index (κ2) is 6.38. The highest BCUT2D eigenvalue weighted by atomic mass is 16.2. The lowest BCUT2D eigenvalue weighted by Gasteiger charge is -2.21. The van der Waals surface area contributed by atoms with Gasteiger partial charge in [0.1, 0.15) is 0 Å². The topological polar surface area (TPSA) is 70.2 Å². The molecule has 118 valence electrons. The maximum absolute atomic E-state index is 12.2. The summed E-state index contributed by atoms with van der Waals surface area (Å²) >= 11 is 0. The fourth-order valence-electron chi connectivity index (χ4n) is 3.69. The van der Waals surface area contributed by atoms with E-state index in [2.05, 4.69) is 28.1 Å². The van der Waals surface area contributed by atoms with Crippen molar-refractivity contribution >= 4 is 11.9 Å². The summed E-state index contributed by atoms with van der Waals surface area (Å²) in [4.78, 5) is 24.0. The van der Waals surface area contributed by atoms with Gasteiger partial charge in [-0.1, -0.05) is 30.7 Å². The Morgan fingerprint density at radius 1 is 1.05 bits per heavy atom. The van der Waals surface area contributed by atoms with Crippen molar-refractivity contribution in [1.82, 2.24) is 16.0 Å². The zero-order chi connectivity index (χ0) is 15.5. The van der Waals surface area contributed by atoms with Gasteiger partial charge >= 0.3 is 6.03 Å². The van der Waals surface area contributed by atoms with E-state index in [0.717, 1.165) is 32.1 Å². The Balaban J connectivity index is 1.52. The average Bonchev–Trinajstić information content (AvgIpc) is 3.12. The van der Waals surface area contributed by atoms with Crippen molar-refractivity contribution in [1.29, 1.82) is 0 Å². The van der Waals surface area contributed by atoms with Crippen molar-refractivity contribution in [3.05, 3.63) is 35.4 Å². The largest absolute Gasteiger partial charge is 0.359 e. The first-order chi connectivity index (χ1) is 10.7. The molecule has 0 heterocycles. The van der Waals surface area contributed by atoms with Crippen LogP contribution in [0.25, 0.3) is 0 Å². The van der Waals surface area contributed by atoms with Crippen LogP contribution in [0.4, 0.5) is 4.79 Å². The smallest absolute Gasteiger partial charge is 0.315 e. The van der Waals surface area contributed by atoms with Gasteiger partial charge in [-0.2, -0.15) is 0 Å². The molecule has 1 aromatic carbocycles. The summed E-state index contributed by atoms with van der Waals surface area (Å²) in [6.07, 6.45) is 4.47. The molecule has 3 N–H and O–H groups in total. The first kappa shape index (κ1) is 14.9. The predicted octanol–water partition coefficient (Wildman–Crippen LogP) is 1.37. The molecule has 0 bridgehead atoms. The van der Waals surface area contributed by atoms with Gasteiger partial charge in [-0.15, -0.1) is 0 Å².